The lowest BCUT2D eigenvalue weighted by Gasteiger charge is -2.28. The Balaban J connectivity index is 2.53. The molecule has 0 radical (unpaired) electrons. The van der Waals surface area contributed by atoms with Gasteiger partial charge in [-0.05, 0) is 39.3 Å². The highest BCUT2D eigenvalue weighted by atomic mass is 16.6. The molecule has 0 spiro atoms. The lowest BCUT2D eigenvalue weighted by Crippen LogP contribution is -2.33. The molecule has 0 aliphatic carbocycles. The van der Waals surface area contributed by atoms with Gasteiger partial charge in [-0.25, -0.2) is 9.59 Å². The van der Waals surface area contributed by atoms with Gasteiger partial charge in [0.25, 0.3) is 0 Å². The summed E-state index contributed by atoms with van der Waals surface area (Å²) >= 11 is 0. The molecule has 0 fully saturated rings. The second kappa shape index (κ2) is 7.78. The number of carbonyl (C=O) groups is 2. The van der Waals surface area contributed by atoms with Gasteiger partial charge >= 0.3 is 11.9 Å². The van der Waals surface area contributed by atoms with Crippen molar-refractivity contribution in [1.29, 1.82) is 0 Å². The Kier molecular flexibility index (Phi) is 6.35. The number of ether oxygens (including phenoxy) is 2. The van der Waals surface area contributed by atoms with Crippen LogP contribution >= 0.6 is 0 Å². The summed E-state index contributed by atoms with van der Waals surface area (Å²) in [4.78, 5) is 23.6. The third-order valence-electron chi connectivity index (χ3n) is 3.59. The van der Waals surface area contributed by atoms with Crippen molar-refractivity contribution in [3.05, 3.63) is 47.5 Å². The zero-order valence-corrected chi connectivity index (χ0v) is 13.8. The van der Waals surface area contributed by atoms with Gasteiger partial charge in [0.15, 0.2) is 0 Å². The van der Waals surface area contributed by atoms with Crippen LogP contribution in [-0.4, -0.2) is 24.1 Å². The fraction of sp³-hybridized carbons (Fsp3) is 0.444. The molecule has 4 nitrogen and oxygen atoms in total. The predicted molar refractivity (Wildman–Crippen MR) is 85.7 cm³/mol. The third-order valence-corrected chi connectivity index (χ3v) is 3.59. The molecule has 0 aromatic heterocycles. The zero-order chi connectivity index (χ0) is 16.8. The topological polar surface area (TPSA) is 52.6 Å². The number of hydrogen-bond acceptors (Lipinski definition) is 4. The molecular weight excluding hydrogens is 280 g/mol. The summed E-state index contributed by atoms with van der Waals surface area (Å²) in [7, 11) is 0. The first-order chi connectivity index (χ1) is 10.3. The second-order valence-electron chi connectivity index (χ2n) is 5.73. The van der Waals surface area contributed by atoms with Crippen LogP contribution in [0, 0.1) is 6.92 Å². The first-order valence-electron chi connectivity index (χ1n) is 7.40. The molecule has 0 heterocycles. The summed E-state index contributed by atoms with van der Waals surface area (Å²) in [6.07, 6.45) is 1.08. The van der Waals surface area contributed by atoms with E-state index >= 15 is 0 Å². The Bertz CT molecular complexity index is 545. The molecule has 0 saturated carbocycles. The minimum atomic E-state index is -0.663. The van der Waals surface area contributed by atoms with E-state index in [0.29, 0.717) is 24.0 Å². The summed E-state index contributed by atoms with van der Waals surface area (Å²) in [6, 6.07) is 7.19. The van der Waals surface area contributed by atoms with E-state index in [9.17, 15) is 9.59 Å². The minimum Gasteiger partial charge on any atom is -0.462 e. The van der Waals surface area contributed by atoms with Gasteiger partial charge in [-0.3, -0.25) is 0 Å². The SMILES string of the molecule is C=C(C)C(=O)OC(C)(CC)CCOC(=O)c1ccc(C)cc1. The Morgan fingerprint density at radius 2 is 1.82 bits per heavy atom. The van der Waals surface area contributed by atoms with E-state index in [1.54, 1.807) is 19.1 Å². The number of carbonyl (C=O) groups excluding carboxylic acids is 2. The summed E-state index contributed by atoms with van der Waals surface area (Å²) < 4.78 is 10.7. The van der Waals surface area contributed by atoms with E-state index in [4.69, 9.17) is 9.47 Å². The molecule has 4 heteroatoms. The number of esters is 2. The van der Waals surface area contributed by atoms with E-state index in [-0.39, 0.29) is 12.6 Å². The van der Waals surface area contributed by atoms with Crippen LogP contribution in [0.1, 0.15) is 49.5 Å². The van der Waals surface area contributed by atoms with Crippen LogP contribution < -0.4 is 0 Å². The summed E-state index contributed by atoms with van der Waals surface area (Å²) in [5, 5.41) is 0. The molecule has 0 N–H and O–H groups in total. The van der Waals surface area contributed by atoms with Crippen molar-refractivity contribution >= 4 is 11.9 Å². The van der Waals surface area contributed by atoms with Gasteiger partial charge in [-0.15, -0.1) is 0 Å². The lowest BCUT2D eigenvalue weighted by atomic mass is 9.99. The van der Waals surface area contributed by atoms with Crippen molar-refractivity contribution < 1.29 is 19.1 Å². The molecular formula is C18H24O4. The van der Waals surface area contributed by atoms with Crippen molar-refractivity contribution in [1.82, 2.24) is 0 Å². The minimum absolute atomic E-state index is 0.195. The molecule has 1 rings (SSSR count). The number of benzene rings is 1. The highest BCUT2D eigenvalue weighted by molar-refractivity contribution is 5.89. The Hall–Kier alpha value is -2.10. The van der Waals surface area contributed by atoms with Crippen molar-refractivity contribution in [2.45, 2.75) is 46.1 Å². The highest BCUT2D eigenvalue weighted by Gasteiger charge is 2.27. The van der Waals surface area contributed by atoms with Crippen molar-refractivity contribution in [2.75, 3.05) is 6.61 Å². The van der Waals surface area contributed by atoms with Gasteiger partial charge in [-0.2, -0.15) is 0 Å². The van der Waals surface area contributed by atoms with E-state index in [0.717, 1.165) is 5.56 Å². The van der Waals surface area contributed by atoms with Gasteiger partial charge in [0.05, 0.1) is 12.2 Å². The van der Waals surface area contributed by atoms with Crippen LogP contribution in [0.5, 0.6) is 0 Å². The predicted octanol–water partition coefficient (Wildman–Crippen LogP) is 3.83. The van der Waals surface area contributed by atoms with Crippen LogP contribution in [0.2, 0.25) is 0 Å². The van der Waals surface area contributed by atoms with Crippen LogP contribution in [0.4, 0.5) is 0 Å². The Morgan fingerprint density at radius 1 is 1.23 bits per heavy atom. The number of rotatable bonds is 7. The van der Waals surface area contributed by atoms with Gasteiger partial charge in [0.1, 0.15) is 5.60 Å². The van der Waals surface area contributed by atoms with Crippen molar-refractivity contribution in [3.8, 4) is 0 Å². The van der Waals surface area contributed by atoms with Gasteiger partial charge < -0.3 is 9.47 Å². The quantitative estimate of drug-likeness (QED) is 0.567. The number of aryl methyl sites for hydroxylation is 1. The van der Waals surface area contributed by atoms with Gasteiger partial charge in [0.2, 0.25) is 0 Å². The maximum atomic E-state index is 11.9. The Labute approximate surface area is 132 Å². The highest BCUT2D eigenvalue weighted by Crippen LogP contribution is 2.21. The van der Waals surface area contributed by atoms with Gasteiger partial charge in [0, 0.05) is 12.0 Å². The summed E-state index contributed by atoms with van der Waals surface area (Å²) in [6.45, 7) is 11.1. The first kappa shape index (κ1) is 18.0. The first-order valence-corrected chi connectivity index (χ1v) is 7.40. The molecule has 0 saturated heterocycles. The smallest absolute Gasteiger partial charge is 0.338 e. The van der Waals surface area contributed by atoms with Gasteiger partial charge in [-0.1, -0.05) is 31.2 Å². The van der Waals surface area contributed by atoms with Crippen LogP contribution in [-0.2, 0) is 14.3 Å². The van der Waals surface area contributed by atoms with E-state index in [2.05, 4.69) is 6.58 Å². The van der Waals surface area contributed by atoms with E-state index in [1.165, 1.54) is 0 Å². The molecule has 0 amide bonds. The summed E-state index contributed by atoms with van der Waals surface area (Å²) in [5.74, 6) is -0.793. The fourth-order valence-corrected chi connectivity index (χ4v) is 1.74. The molecule has 120 valence electrons. The fourth-order valence-electron chi connectivity index (χ4n) is 1.74. The average Bonchev–Trinajstić information content (AvgIpc) is 2.47. The maximum absolute atomic E-state index is 11.9. The zero-order valence-electron chi connectivity index (χ0n) is 13.8. The molecule has 1 atom stereocenters. The normalized spacial score (nSPS) is 13.1. The standard InChI is InChI=1S/C18H24O4/c1-6-18(5,22-16(19)13(2)3)11-12-21-17(20)15-9-7-14(4)8-10-15/h7-10H,2,6,11-12H2,1,3-5H3. The molecule has 0 aliphatic heterocycles. The van der Waals surface area contributed by atoms with Crippen LogP contribution in [0.15, 0.2) is 36.4 Å². The molecule has 1 unspecified atom stereocenters. The molecule has 0 aliphatic rings. The molecule has 1 aromatic carbocycles. The molecule has 1 aromatic rings. The van der Waals surface area contributed by atoms with E-state index < -0.39 is 11.6 Å². The maximum Gasteiger partial charge on any atom is 0.338 e. The van der Waals surface area contributed by atoms with Crippen LogP contribution in [0.25, 0.3) is 0 Å². The monoisotopic (exact) mass is 304 g/mol. The van der Waals surface area contributed by atoms with Crippen molar-refractivity contribution in [3.63, 3.8) is 0 Å². The third kappa shape index (κ3) is 5.35. The number of hydrogen-bond donors (Lipinski definition) is 0. The van der Waals surface area contributed by atoms with Crippen molar-refractivity contribution in [2.24, 2.45) is 0 Å². The second-order valence-corrected chi connectivity index (χ2v) is 5.73. The van der Waals surface area contributed by atoms with E-state index in [1.807, 2.05) is 32.9 Å². The molecule has 22 heavy (non-hydrogen) atoms. The molecule has 0 bridgehead atoms. The largest absolute Gasteiger partial charge is 0.462 e. The Morgan fingerprint density at radius 3 is 2.32 bits per heavy atom. The summed E-state index contributed by atoms with van der Waals surface area (Å²) in [5.41, 5.74) is 1.30. The lowest BCUT2D eigenvalue weighted by molar-refractivity contribution is -0.154. The average molecular weight is 304 g/mol. The van der Waals surface area contributed by atoms with Crippen LogP contribution in [0.3, 0.4) is 0 Å².